The van der Waals surface area contributed by atoms with E-state index in [1.165, 1.54) is 43.8 Å². The number of methoxy groups -OCH3 is 1. The van der Waals surface area contributed by atoms with E-state index in [2.05, 4.69) is 31.2 Å². The number of hydrogen-bond acceptors (Lipinski definition) is 25. The van der Waals surface area contributed by atoms with Crippen molar-refractivity contribution in [2.75, 3.05) is 26.0 Å². The summed E-state index contributed by atoms with van der Waals surface area (Å²) in [5.41, 5.74) is 1.56. The van der Waals surface area contributed by atoms with E-state index in [-0.39, 0.29) is 51.9 Å². The molecule has 0 radical (unpaired) electrons. The number of aryl methyl sites for hydroxylation is 1. The number of nitrogens with zero attached hydrogens (tertiary/aromatic N) is 9. The first-order valence-electron chi connectivity index (χ1n) is 26.0. The van der Waals surface area contributed by atoms with Crippen LogP contribution in [0.15, 0.2) is 64.0 Å². The van der Waals surface area contributed by atoms with Crippen molar-refractivity contribution >= 4 is 115 Å². The molecule has 0 spiro atoms. The summed E-state index contributed by atoms with van der Waals surface area (Å²) in [4.78, 5) is 131. The molecule has 31 heteroatoms. The van der Waals surface area contributed by atoms with E-state index in [9.17, 15) is 33.6 Å². The van der Waals surface area contributed by atoms with Crippen molar-refractivity contribution in [2.45, 2.75) is 91.3 Å². The molecule has 1 unspecified atom stereocenters. The molecule has 0 fully saturated rings. The lowest BCUT2D eigenvalue weighted by molar-refractivity contribution is -0.155. The van der Waals surface area contributed by atoms with Crippen LogP contribution in [0.4, 0.5) is 10.6 Å². The summed E-state index contributed by atoms with van der Waals surface area (Å²) >= 11 is 6.95. The molecule has 8 heterocycles. The van der Waals surface area contributed by atoms with E-state index >= 15 is 0 Å². The van der Waals surface area contributed by atoms with E-state index in [0.29, 0.717) is 68.7 Å². The highest BCUT2D eigenvalue weighted by atomic mass is 32.1. The van der Waals surface area contributed by atoms with Gasteiger partial charge in [0.25, 0.3) is 23.6 Å². The van der Waals surface area contributed by atoms with Crippen LogP contribution in [0.3, 0.4) is 0 Å². The minimum atomic E-state index is -1.30. The molecule has 0 aliphatic carbocycles. The molecule has 7 aromatic heterocycles. The van der Waals surface area contributed by atoms with Crippen LogP contribution in [0.5, 0.6) is 0 Å². The average molecular weight is 1270 g/mol. The molecular formula is C54H57N15O10S6. The maximum absolute atomic E-state index is 14.5. The number of pyridine rings is 1. The number of amides is 6. The molecule has 4 atom stereocenters. The SMILES string of the molecule is CNC(=O)C[C@@H]1NC(=O)c2csc(n2)-c2ccc(-c3nc(NC(=O)OC(C)(C)C)cs3)nc2-c2csc(n2)-c2csc(n2)[C@H]([C@@H](OC(C)=O)c2ccccc2)N(N)C(=O)CN(N)C(=O)c2nc(sc2COC)C(C(C)C)NC(=O)c2nc1sc2C. The second-order valence-electron chi connectivity index (χ2n) is 20.3. The monoisotopic (exact) mass is 1270 g/mol. The molecule has 6 amide bonds. The van der Waals surface area contributed by atoms with E-state index in [4.69, 9.17) is 50.8 Å². The number of nitrogens with one attached hydrogen (secondary N) is 4. The van der Waals surface area contributed by atoms with Gasteiger partial charge in [0.2, 0.25) is 5.91 Å². The van der Waals surface area contributed by atoms with Crippen molar-refractivity contribution in [1.29, 1.82) is 0 Å². The number of ether oxygens (including phenoxy) is 3. The Morgan fingerprint density at radius 2 is 1.44 bits per heavy atom. The van der Waals surface area contributed by atoms with E-state index in [1.807, 2.05) is 13.8 Å². The smallest absolute Gasteiger partial charge is 0.413 e. The number of thiazole rings is 6. The van der Waals surface area contributed by atoms with Gasteiger partial charge in [0.05, 0.1) is 35.7 Å². The molecule has 8 aromatic rings. The Labute approximate surface area is 510 Å². The van der Waals surface area contributed by atoms with Crippen LogP contribution in [0.25, 0.3) is 43.4 Å². The first-order valence-corrected chi connectivity index (χ1v) is 31.1. The highest BCUT2D eigenvalue weighted by molar-refractivity contribution is 7.15. The number of rotatable bonds is 10. The molecule has 9 rings (SSSR count). The molecule has 10 bridgehead atoms. The van der Waals surface area contributed by atoms with E-state index < -0.39 is 78.0 Å². The van der Waals surface area contributed by atoms with Gasteiger partial charge in [-0.1, -0.05) is 44.2 Å². The van der Waals surface area contributed by atoms with Crippen molar-refractivity contribution in [1.82, 2.24) is 60.9 Å². The standard InChI is InChI=1S/C54H57N15O10S6/c1-24(2)38-50-67-41(34(85-50)19-77-9)52(75)68(55)18-37(72)69(56)42(43(78-26(4)70)27-13-11-10-12-14-27)51-62-33(22-82-51)48-60-31(20-81-48)40-28(15-16-29(58-40)47-63-35(23-83-47)64-53(76)79-54(5,6)7)46-61-32(21-80-46)44(73)59-30(17-36(71)57-8)49-66-39(25(3)84-49)45(74)65-38/h10-16,20-24,30,38,42-43H,17-19,55-56H2,1-9H3,(H,57,71)(H,59,73)(H,64,76)(H,65,74)/t30-,38?,42-,43-/m0/s1. The lowest BCUT2D eigenvalue weighted by Gasteiger charge is -2.33. The minimum absolute atomic E-state index is 0.00936. The Hall–Kier alpha value is -7.88. The predicted octanol–water partition coefficient (Wildman–Crippen LogP) is 8.40. The maximum atomic E-state index is 14.5. The van der Waals surface area contributed by atoms with E-state index in [0.717, 1.165) is 50.4 Å². The maximum Gasteiger partial charge on any atom is 0.413 e. The number of aromatic nitrogens is 7. The number of fused-ring (bicyclic) bond motifs is 14. The number of carbonyl (C=O) groups excluding carboxylic acids is 7. The number of nitrogens with two attached hydrogens (primary N) is 2. The summed E-state index contributed by atoms with van der Waals surface area (Å²) < 4.78 is 16.8. The van der Waals surface area contributed by atoms with Crippen LogP contribution in [0, 0.1) is 12.8 Å². The summed E-state index contributed by atoms with van der Waals surface area (Å²) in [6, 6.07) is 9.03. The zero-order chi connectivity index (χ0) is 61.0. The number of hydrogen-bond donors (Lipinski definition) is 6. The summed E-state index contributed by atoms with van der Waals surface area (Å²) in [5, 5.41) is 21.4. The number of esters is 1. The van der Waals surface area contributed by atoms with Crippen molar-refractivity contribution < 1.29 is 47.8 Å². The molecule has 85 heavy (non-hydrogen) atoms. The molecule has 8 N–H and O–H groups in total. The minimum Gasteiger partial charge on any atom is -0.455 e. The van der Waals surface area contributed by atoms with Gasteiger partial charge in [-0.2, -0.15) is 0 Å². The average Bonchev–Trinajstić information content (AvgIpc) is 4.04. The molecule has 1 aromatic carbocycles. The van der Waals surface area contributed by atoms with Gasteiger partial charge in [-0.15, -0.1) is 68.0 Å². The number of carbonyl (C=O) groups is 7. The molecule has 0 saturated heterocycles. The molecule has 1 aliphatic heterocycles. The highest BCUT2D eigenvalue weighted by Gasteiger charge is 2.39. The van der Waals surface area contributed by atoms with Crippen LogP contribution in [-0.4, -0.2) is 113 Å². The van der Waals surface area contributed by atoms with Gasteiger partial charge in [-0.25, -0.2) is 51.4 Å². The second kappa shape index (κ2) is 26.2. The first kappa shape index (κ1) is 61.7. The summed E-state index contributed by atoms with van der Waals surface area (Å²) in [5.74, 6) is 9.14. The number of benzene rings is 1. The van der Waals surface area contributed by atoms with Crippen LogP contribution in [-0.2, 0) is 35.2 Å². The normalized spacial score (nSPS) is 16.6. The van der Waals surface area contributed by atoms with Gasteiger partial charge in [-0.05, 0) is 51.3 Å². The van der Waals surface area contributed by atoms with Crippen molar-refractivity contribution in [3.8, 4) is 43.4 Å². The third-order valence-corrected chi connectivity index (χ3v) is 18.2. The van der Waals surface area contributed by atoms with Gasteiger partial charge in [-0.3, -0.25) is 44.1 Å². The van der Waals surface area contributed by atoms with Crippen LogP contribution in [0.2, 0.25) is 0 Å². The van der Waals surface area contributed by atoms with Crippen LogP contribution in [0.1, 0.15) is 134 Å². The largest absolute Gasteiger partial charge is 0.455 e. The molecular weight excluding hydrogens is 1210 g/mol. The van der Waals surface area contributed by atoms with Crippen molar-refractivity contribution in [3.05, 3.63) is 111 Å². The van der Waals surface area contributed by atoms with Crippen molar-refractivity contribution in [2.24, 2.45) is 17.6 Å². The lowest BCUT2D eigenvalue weighted by Crippen LogP contribution is -2.51. The van der Waals surface area contributed by atoms with Gasteiger partial charge in [0, 0.05) is 53.0 Å². The number of anilines is 1. The second-order valence-corrected chi connectivity index (χ2v) is 26.2. The fourth-order valence-corrected chi connectivity index (χ4v) is 14.1. The predicted molar refractivity (Wildman–Crippen MR) is 322 cm³/mol. The third kappa shape index (κ3) is 14.3. The van der Waals surface area contributed by atoms with Crippen LogP contribution >= 0.6 is 68.0 Å². The molecule has 25 nitrogen and oxygen atoms in total. The third-order valence-electron chi connectivity index (χ3n) is 12.5. The van der Waals surface area contributed by atoms with Gasteiger partial charge in [0.1, 0.15) is 88.2 Å². The fraction of sp³-hybridized carbons (Fsp3) is 0.333. The first-order chi connectivity index (χ1) is 40.5. The Balaban J connectivity index is 1.17. The summed E-state index contributed by atoms with van der Waals surface area (Å²) in [7, 11) is 2.90. The molecule has 0 saturated carbocycles. The van der Waals surface area contributed by atoms with Gasteiger partial charge in [0.15, 0.2) is 6.10 Å². The Kier molecular flexibility index (Phi) is 19.0. The van der Waals surface area contributed by atoms with Gasteiger partial charge < -0.3 is 30.2 Å². The molecule has 1 aliphatic rings. The van der Waals surface area contributed by atoms with Gasteiger partial charge >= 0.3 is 12.1 Å². The zero-order valence-corrected chi connectivity index (χ0v) is 52.0. The Morgan fingerprint density at radius 1 is 0.753 bits per heavy atom. The van der Waals surface area contributed by atoms with Crippen molar-refractivity contribution in [3.63, 3.8) is 0 Å². The fourth-order valence-electron chi connectivity index (χ4n) is 8.57. The highest BCUT2D eigenvalue weighted by Crippen LogP contribution is 2.42. The summed E-state index contributed by atoms with van der Waals surface area (Å²) in [6.45, 7) is 11.0. The van der Waals surface area contributed by atoms with Crippen LogP contribution < -0.4 is 33.0 Å². The Bertz CT molecular complexity index is 3810. The topological polar surface area (TPSA) is 344 Å². The lowest BCUT2D eigenvalue weighted by atomic mass is 10.0. The quantitative estimate of drug-likeness (QED) is 0.0425. The zero-order valence-electron chi connectivity index (χ0n) is 47.1. The molecule has 444 valence electrons. The van der Waals surface area contributed by atoms with E-state index in [1.54, 1.807) is 91.7 Å². The summed E-state index contributed by atoms with van der Waals surface area (Å²) in [6.07, 6.45) is -2.15. The number of hydrazine groups is 2. The Morgan fingerprint density at radius 3 is 2.14 bits per heavy atom.